The highest BCUT2D eigenvalue weighted by atomic mass is 14.9. The van der Waals surface area contributed by atoms with E-state index in [1.807, 2.05) is 13.1 Å². The fraction of sp³-hybridized carbons (Fsp3) is 0.429. The maximum absolute atomic E-state index is 4.35. The minimum absolute atomic E-state index is 0.381. The molecule has 0 radical (unpaired) electrons. The van der Waals surface area contributed by atoms with Crippen molar-refractivity contribution in [2.24, 2.45) is 5.92 Å². The Morgan fingerprint density at radius 1 is 1.18 bits per heavy atom. The predicted molar refractivity (Wildman–Crippen MR) is 70.8 cm³/mol. The summed E-state index contributed by atoms with van der Waals surface area (Å²) < 4.78 is 0. The molecule has 17 heavy (non-hydrogen) atoms. The van der Waals surface area contributed by atoms with Gasteiger partial charge in [0.05, 0.1) is 11.0 Å². The van der Waals surface area contributed by atoms with E-state index in [4.69, 9.17) is 0 Å². The molecule has 0 aliphatic heterocycles. The monoisotopic (exact) mass is 229 g/mol. The first-order chi connectivity index (χ1) is 8.26. The van der Waals surface area contributed by atoms with E-state index in [0.717, 1.165) is 17.5 Å². The van der Waals surface area contributed by atoms with Gasteiger partial charge in [-0.15, -0.1) is 0 Å². The van der Waals surface area contributed by atoms with Gasteiger partial charge in [-0.05, 0) is 30.7 Å². The summed E-state index contributed by atoms with van der Waals surface area (Å²) in [5.41, 5.74) is 3.21. The van der Waals surface area contributed by atoms with E-state index in [9.17, 15) is 0 Å². The quantitative estimate of drug-likeness (QED) is 0.876. The lowest BCUT2D eigenvalue weighted by atomic mass is 9.92. The van der Waals surface area contributed by atoms with Crippen molar-refractivity contribution in [1.82, 2.24) is 15.3 Å². The highest BCUT2D eigenvalue weighted by Gasteiger charge is 2.16. The largest absolute Gasteiger partial charge is 0.313 e. The SMILES string of the molecule is CCC(C)C(NC)c1ccc2nccnc2c1. The van der Waals surface area contributed by atoms with E-state index in [1.54, 1.807) is 12.4 Å². The van der Waals surface area contributed by atoms with Crippen molar-refractivity contribution >= 4 is 11.0 Å². The number of benzene rings is 1. The number of rotatable bonds is 4. The van der Waals surface area contributed by atoms with E-state index in [0.29, 0.717) is 12.0 Å². The molecular weight excluding hydrogens is 210 g/mol. The van der Waals surface area contributed by atoms with Gasteiger partial charge in [0, 0.05) is 18.4 Å². The van der Waals surface area contributed by atoms with Crippen molar-refractivity contribution in [3.8, 4) is 0 Å². The van der Waals surface area contributed by atoms with E-state index >= 15 is 0 Å². The van der Waals surface area contributed by atoms with E-state index in [1.165, 1.54) is 5.56 Å². The molecule has 0 fully saturated rings. The molecule has 0 amide bonds. The van der Waals surface area contributed by atoms with Crippen LogP contribution in [0.3, 0.4) is 0 Å². The lowest BCUT2D eigenvalue weighted by Crippen LogP contribution is -2.23. The summed E-state index contributed by atoms with van der Waals surface area (Å²) in [4.78, 5) is 8.64. The second-order valence-corrected chi connectivity index (χ2v) is 4.46. The van der Waals surface area contributed by atoms with Crippen LogP contribution in [-0.4, -0.2) is 17.0 Å². The van der Waals surface area contributed by atoms with E-state index in [-0.39, 0.29) is 0 Å². The average molecular weight is 229 g/mol. The Morgan fingerprint density at radius 3 is 2.53 bits per heavy atom. The molecule has 3 heteroatoms. The van der Waals surface area contributed by atoms with Gasteiger partial charge in [0.15, 0.2) is 0 Å². The molecule has 0 aliphatic rings. The Balaban J connectivity index is 2.40. The van der Waals surface area contributed by atoms with E-state index < -0.39 is 0 Å². The third-order valence-electron chi connectivity index (χ3n) is 3.38. The van der Waals surface area contributed by atoms with Crippen LogP contribution >= 0.6 is 0 Å². The summed E-state index contributed by atoms with van der Waals surface area (Å²) in [7, 11) is 2.01. The molecule has 1 N–H and O–H groups in total. The molecule has 2 aromatic rings. The third kappa shape index (κ3) is 2.44. The van der Waals surface area contributed by atoms with Gasteiger partial charge in [-0.1, -0.05) is 26.3 Å². The van der Waals surface area contributed by atoms with Crippen molar-refractivity contribution < 1.29 is 0 Å². The van der Waals surface area contributed by atoms with Gasteiger partial charge in [0.1, 0.15) is 0 Å². The number of nitrogens with zero attached hydrogens (tertiary/aromatic N) is 2. The maximum atomic E-state index is 4.35. The number of nitrogens with one attached hydrogen (secondary N) is 1. The van der Waals surface area contributed by atoms with Gasteiger partial charge in [0.25, 0.3) is 0 Å². The minimum atomic E-state index is 0.381. The Kier molecular flexibility index (Phi) is 3.69. The summed E-state index contributed by atoms with van der Waals surface area (Å²) in [5.74, 6) is 0.606. The molecule has 2 rings (SSSR count). The minimum Gasteiger partial charge on any atom is -0.313 e. The average Bonchev–Trinajstić information content (AvgIpc) is 2.39. The van der Waals surface area contributed by atoms with Gasteiger partial charge < -0.3 is 5.32 Å². The normalized spacial score (nSPS) is 14.8. The molecule has 2 unspecified atom stereocenters. The number of hydrogen-bond acceptors (Lipinski definition) is 3. The molecule has 2 atom stereocenters. The lowest BCUT2D eigenvalue weighted by Gasteiger charge is -2.23. The zero-order valence-corrected chi connectivity index (χ0v) is 10.6. The topological polar surface area (TPSA) is 37.8 Å². The van der Waals surface area contributed by atoms with Gasteiger partial charge in [-0.3, -0.25) is 9.97 Å². The van der Waals surface area contributed by atoms with Crippen molar-refractivity contribution in [2.75, 3.05) is 7.05 Å². The molecule has 1 aromatic heterocycles. The molecule has 90 valence electrons. The Morgan fingerprint density at radius 2 is 1.88 bits per heavy atom. The summed E-state index contributed by atoms with van der Waals surface area (Å²) in [6, 6.07) is 6.70. The first-order valence-corrected chi connectivity index (χ1v) is 6.14. The molecule has 1 heterocycles. The third-order valence-corrected chi connectivity index (χ3v) is 3.38. The van der Waals surface area contributed by atoms with Crippen LogP contribution < -0.4 is 5.32 Å². The predicted octanol–water partition coefficient (Wildman–Crippen LogP) is 2.94. The number of aromatic nitrogens is 2. The number of fused-ring (bicyclic) bond motifs is 1. The Bertz CT molecular complexity index is 496. The highest BCUT2D eigenvalue weighted by Crippen LogP contribution is 2.25. The lowest BCUT2D eigenvalue weighted by molar-refractivity contribution is 0.401. The van der Waals surface area contributed by atoms with Gasteiger partial charge in [-0.2, -0.15) is 0 Å². The molecule has 0 aliphatic carbocycles. The van der Waals surface area contributed by atoms with Crippen LogP contribution in [0.1, 0.15) is 31.9 Å². The number of hydrogen-bond donors (Lipinski definition) is 1. The molecule has 0 saturated carbocycles. The molecule has 1 aromatic carbocycles. The van der Waals surface area contributed by atoms with Crippen molar-refractivity contribution in [3.05, 3.63) is 36.2 Å². The fourth-order valence-electron chi connectivity index (χ4n) is 2.19. The molecule has 0 saturated heterocycles. The Hall–Kier alpha value is -1.48. The van der Waals surface area contributed by atoms with Crippen LogP contribution in [0.2, 0.25) is 0 Å². The maximum Gasteiger partial charge on any atom is 0.0890 e. The van der Waals surface area contributed by atoms with Crippen LogP contribution in [0.25, 0.3) is 11.0 Å². The zero-order valence-electron chi connectivity index (χ0n) is 10.6. The fourth-order valence-corrected chi connectivity index (χ4v) is 2.19. The van der Waals surface area contributed by atoms with Gasteiger partial charge in [0.2, 0.25) is 0 Å². The zero-order chi connectivity index (χ0) is 12.3. The summed E-state index contributed by atoms with van der Waals surface area (Å²) >= 11 is 0. The van der Waals surface area contributed by atoms with Crippen LogP contribution in [-0.2, 0) is 0 Å². The summed E-state index contributed by atoms with van der Waals surface area (Å²) in [5, 5.41) is 3.39. The summed E-state index contributed by atoms with van der Waals surface area (Å²) in [6.07, 6.45) is 4.62. The highest BCUT2D eigenvalue weighted by molar-refractivity contribution is 5.74. The van der Waals surface area contributed by atoms with E-state index in [2.05, 4.69) is 41.3 Å². The smallest absolute Gasteiger partial charge is 0.0890 e. The van der Waals surface area contributed by atoms with Crippen molar-refractivity contribution in [1.29, 1.82) is 0 Å². The standard InChI is InChI=1S/C14H19N3/c1-4-10(2)14(15-3)11-5-6-12-13(9-11)17-8-7-16-12/h5-10,14-15H,4H2,1-3H3. The van der Waals surface area contributed by atoms with Crippen LogP contribution in [0.15, 0.2) is 30.6 Å². The van der Waals surface area contributed by atoms with Crippen LogP contribution in [0.4, 0.5) is 0 Å². The van der Waals surface area contributed by atoms with Gasteiger partial charge in [-0.25, -0.2) is 0 Å². The first-order valence-electron chi connectivity index (χ1n) is 6.14. The van der Waals surface area contributed by atoms with Crippen molar-refractivity contribution in [3.63, 3.8) is 0 Å². The molecule has 0 bridgehead atoms. The van der Waals surface area contributed by atoms with Crippen LogP contribution in [0, 0.1) is 5.92 Å². The summed E-state index contributed by atoms with van der Waals surface area (Å²) in [6.45, 7) is 4.48. The second-order valence-electron chi connectivity index (χ2n) is 4.46. The second kappa shape index (κ2) is 5.23. The van der Waals surface area contributed by atoms with Crippen molar-refractivity contribution in [2.45, 2.75) is 26.3 Å². The van der Waals surface area contributed by atoms with Gasteiger partial charge >= 0.3 is 0 Å². The Labute approximate surface area is 102 Å². The molecular formula is C14H19N3. The molecule has 3 nitrogen and oxygen atoms in total. The first kappa shape index (κ1) is 12.0. The van der Waals surface area contributed by atoms with Crippen LogP contribution in [0.5, 0.6) is 0 Å². The molecule has 0 spiro atoms.